The molecule has 0 radical (unpaired) electrons. The second-order valence-corrected chi connectivity index (χ2v) is 5.19. The molecule has 2 rings (SSSR count). The molecule has 0 aromatic heterocycles. The van der Waals surface area contributed by atoms with E-state index in [4.69, 9.17) is 5.73 Å². The number of benzene rings is 1. The van der Waals surface area contributed by atoms with Crippen molar-refractivity contribution in [3.8, 4) is 5.75 Å². The van der Waals surface area contributed by atoms with Crippen molar-refractivity contribution in [3.63, 3.8) is 0 Å². The third-order valence-corrected chi connectivity index (χ3v) is 3.98. The zero-order valence-electron chi connectivity index (χ0n) is 10.9. The van der Waals surface area contributed by atoms with Crippen molar-refractivity contribution in [1.29, 1.82) is 0 Å². The molecule has 1 aliphatic rings. The van der Waals surface area contributed by atoms with Gasteiger partial charge in [-0.3, -0.25) is 4.90 Å². The molecule has 4 heteroatoms. The molecule has 0 aliphatic heterocycles. The van der Waals surface area contributed by atoms with E-state index in [0.29, 0.717) is 18.5 Å². The number of phenolic OH excluding ortho intramolecular Hbond substituents is 1. The lowest BCUT2D eigenvalue weighted by molar-refractivity contribution is 0.168. The Morgan fingerprint density at radius 2 is 2.17 bits per heavy atom. The van der Waals surface area contributed by atoms with Crippen molar-refractivity contribution in [3.05, 3.63) is 29.6 Å². The normalized spacial score (nSPS) is 18.9. The van der Waals surface area contributed by atoms with Crippen LogP contribution in [0.15, 0.2) is 18.2 Å². The van der Waals surface area contributed by atoms with Gasteiger partial charge in [-0.2, -0.15) is 0 Å². The summed E-state index contributed by atoms with van der Waals surface area (Å²) in [5.41, 5.74) is 6.58. The van der Waals surface area contributed by atoms with Gasteiger partial charge >= 0.3 is 0 Å². The highest BCUT2D eigenvalue weighted by molar-refractivity contribution is 5.35. The van der Waals surface area contributed by atoms with E-state index in [1.807, 2.05) is 14.0 Å². The SMILES string of the molecule is CC(c1ccc(F)cc1O)N(C)C(CN)C1CC1. The van der Waals surface area contributed by atoms with Crippen LogP contribution in [0.1, 0.15) is 31.4 Å². The Morgan fingerprint density at radius 3 is 2.67 bits per heavy atom. The summed E-state index contributed by atoms with van der Waals surface area (Å²) in [5, 5.41) is 9.82. The van der Waals surface area contributed by atoms with E-state index in [-0.39, 0.29) is 11.8 Å². The number of rotatable bonds is 5. The minimum Gasteiger partial charge on any atom is -0.508 e. The zero-order valence-corrected chi connectivity index (χ0v) is 10.9. The van der Waals surface area contributed by atoms with Crippen LogP contribution in [0.3, 0.4) is 0 Å². The molecular weight excluding hydrogens is 231 g/mol. The Balaban J connectivity index is 2.16. The van der Waals surface area contributed by atoms with Crippen LogP contribution in [0, 0.1) is 11.7 Å². The third-order valence-electron chi connectivity index (χ3n) is 3.98. The summed E-state index contributed by atoms with van der Waals surface area (Å²) < 4.78 is 13.0. The summed E-state index contributed by atoms with van der Waals surface area (Å²) in [5.74, 6) is 0.273. The number of nitrogens with two attached hydrogens (primary N) is 1. The molecule has 1 aliphatic carbocycles. The molecule has 0 amide bonds. The van der Waals surface area contributed by atoms with Crippen LogP contribution >= 0.6 is 0 Å². The van der Waals surface area contributed by atoms with Crippen LogP contribution < -0.4 is 5.73 Å². The van der Waals surface area contributed by atoms with Crippen LogP contribution in [0.25, 0.3) is 0 Å². The average molecular weight is 252 g/mol. The van der Waals surface area contributed by atoms with E-state index in [9.17, 15) is 9.50 Å². The number of hydrogen-bond acceptors (Lipinski definition) is 3. The van der Waals surface area contributed by atoms with Gasteiger partial charge in [-0.1, -0.05) is 6.07 Å². The molecule has 1 aromatic carbocycles. The summed E-state index contributed by atoms with van der Waals surface area (Å²) in [6, 6.07) is 4.55. The standard InChI is InChI=1S/C14H21FN2O/c1-9(12-6-5-11(15)7-14(12)18)17(2)13(8-16)10-3-4-10/h5-7,9-10,13,18H,3-4,8,16H2,1-2H3. The Hall–Kier alpha value is -1.13. The maximum absolute atomic E-state index is 13.0. The smallest absolute Gasteiger partial charge is 0.126 e. The fourth-order valence-electron chi connectivity index (χ4n) is 2.55. The number of likely N-dealkylation sites (N-methyl/N-ethyl adjacent to an activating group) is 1. The number of phenols is 1. The number of hydrogen-bond donors (Lipinski definition) is 2. The van der Waals surface area contributed by atoms with E-state index >= 15 is 0 Å². The van der Waals surface area contributed by atoms with Crippen molar-refractivity contribution in [1.82, 2.24) is 4.90 Å². The highest BCUT2D eigenvalue weighted by atomic mass is 19.1. The van der Waals surface area contributed by atoms with Crippen molar-refractivity contribution >= 4 is 0 Å². The predicted molar refractivity (Wildman–Crippen MR) is 69.8 cm³/mol. The molecule has 100 valence electrons. The topological polar surface area (TPSA) is 49.5 Å². The Labute approximate surface area is 107 Å². The van der Waals surface area contributed by atoms with Crippen molar-refractivity contribution in [2.45, 2.75) is 31.8 Å². The van der Waals surface area contributed by atoms with E-state index in [0.717, 1.165) is 11.6 Å². The van der Waals surface area contributed by atoms with Gasteiger partial charge in [0.2, 0.25) is 0 Å². The molecule has 0 bridgehead atoms. The van der Waals surface area contributed by atoms with Crippen molar-refractivity contribution < 1.29 is 9.50 Å². The quantitative estimate of drug-likeness (QED) is 0.845. The van der Waals surface area contributed by atoms with Gasteiger partial charge in [0, 0.05) is 30.3 Å². The second kappa shape index (κ2) is 5.24. The fraction of sp³-hybridized carbons (Fsp3) is 0.571. The van der Waals surface area contributed by atoms with Gasteiger partial charge in [-0.25, -0.2) is 4.39 Å². The summed E-state index contributed by atoms with van der Waals surface area (Å²) in [6.07, 6.45) is 2.46. The Kier molecular flexibility index (Phi) is 3.88. The molecule has 2 atom stereocenters. The highest BCUT2D eigenvalue weighted by Gasteiger charge is 2.35. The first-order valence-electron chi connectivity index (χ1n) is 6.45. The summed E-state index contributed by atoms with van der Waals surface area (Å²) in [7, 11) is 2.02. The Bertz CT molecular complexity index is 420. The number of aromatic hydroxyl groups is 1. The van der Waals surface area contributed by atoms with Crippen LogP contribution in [-0.2, 0) is 0 Å². The van der Waals surface area contributed by atoms with Gasteiger partial charge in [0.25, 0.3) is 0 Å². The van der Waals surface area contributed by atoms with Crippen molar-refractivity contribution in [2.75, 3.05) is 13.6 Å². The van der Waals surface area contributed by atoms with Gasteiger partial charge in [-0.05, 0) is 38.8 Å². The lowest BCUT2D eigenvalue weighted by Gasteiger charge is -2.33. The van der Waals surface area contributed by atoms with Crippen LogP contribution in [0.5, 0.6) is 5.75 Å². The first-order valence-corrected chi connectivity index (χ1v) is 6.45. The van der Waals surface area contributed by atoms with E-state index < -0.39 is 5.82 Å². The average Bonchev–Trinajstić information content (AvgIpc) is 3.13. The molecule has 18 heavy (non-hydrogen) atoms. The third kappa shape index (κ3) is 2.65. The van der Waals surface area contributed by atoms with Gasteiger partial charge in [0.1, 0.15) is 11.6 Å². The lowest BCUT2D eigenvalue weighted by Crippen LogP contribution is -2.41. The molecule has 2 unspecified atom stereocenters. The van der Waals surface area contributed by atoms with Gasteiger partial charge in [-0.15, -0.1) is 0 Å². The van der Waals surface area contributed by atoms with Crippen LogP contribution in [0.2, 0.25) is 0 Å². The van der Waals surface area contributed by atoms with E-state index in [2.05, 4.69) is 4.90 Å². The molecule has 1 aromatic rings. The summed E-state index contributed by atoms with van der Waals surface area (Å²) in [4.78, 5) is 2.19. The molecule has 1 fully saturated rings. The molecular formula is C14H21FN2O. The zero-order chi connectivity index (χ0) is 13.3. The van der Waals surface area contributed by atoms with Gasteiger partial charge in [0.05, 0.1) is 0 Å². The predicted octanol–water partition coefficient (Wildman–Crippen LogP) is 2.26. The largest absolute Gasteiger partial charge is 0.508 e. The molecule has 3 N–H and O–H groups in total. The maximum Gasteiger partial charge on any atom is 0.126 e. The van der Waals surface area contributed by atoms with E-state index in [1.54, 1.807) is 6.07 Å². The molecule has 0 heterocycles. The van der Waals surface area contributed by atoms with Crippen LogP contribution in [0.4, 0.5) is 4.39 Å². The minimum atomic E-state index is -0.413. The van der Waals surface area contributed by atoms with Crippen LogP contribution in [-0.4, -0.2) is 29.6 Å². The lowest BCUT2D eigenvalue weighted by atomic mass is 10.0. The number of nitrogens with zero attached hydrogens (tertiary/aromatic N) is 1. The Morgan fingerprint density at radius 1 is 1.50 bits per heavy atom. The minimum absolute atomic E-state index is 0.0147. The fourth-order valence-corrected chi connectivity index (χ4v) is 2.55. The summed E-state index contributed by atoms with van der Waals surface area (Å²) in [6.45, 7) is 2.63. The van der Waals surface area contributed by atoms with Gasteiger partial charge < -0.3 is 10.8 Å². The highest BCUT2D eigenvalue weighted by Crippen LogP contribution is 2.38. The second-order valence-electron chi connectivity index (χ2n) is 5.19. The number of halogens is 1. The first kappa shape index (κ1) is 13.3. The molecule has 3 nitrogen and oxygen atoms in total. The first-order chi connectivity index (χ1) is 8.54. The monoisotopic (exact) mass is 252 g/mol. The van der Waals surface area contributed by atoms with Gasteiger partial charge in [0.15, 0.2) is 0 Å². The molecule has 0 spiro atoms. The van der Waals surface area contributed by atoms with Crippen molar-refractivity contribution in [2.24, 2.45) is 11.7 Å². The maximum atomic E-state index is 13.0. The molecule has 0 saturated heterocycles. The summed E-state index contributed by atoms with van der Waals surface area (Å²) >= 11 is 0. The molecule has 1 saturated carbocycles. The van der Waals surface area contributed by atoms with E-state index in [1.165, 1.54) is 18.9 Å².